The number of rotatable bonds is 8. The van der Waals surface area contributed by atoms with E-state index in [2.05, 4.69) is 19.2 Å². The zero-order chi connectivity index (χ0) is 14.1. The molecule has 0 saturated carbocycles. The van der Waals surface area contributed by atoms with Crippen LogP contribution in [0.3, 0.4) is 0 Å². The number of hydrogen-bond acceptors (Lipinski definition) is 2. The molecular weight excluding hydrogens is 232 g/mol. The largest absolute Gasteiger partial charge is 0.481 e. The quantitative estimate of drug-likeness (QED) is 0.656. The van der Waals surface area contributed by atoms with Gasteiger partial charge in [0.2, 0.25) is 0 Å². The second-order valence-electron chi connectivity index (χ2n) is 5.01. The molecule has 106 valence electrons. The van der Waals surface area contributed by atoms with Crippen molar-refractivity contribution in [3.63, 3.8) is 0 Å². The average molecular weight is 258 g/mol. The molecule has 0 aromatic carbocycles. The van der Waals surface area contributed by atoms with Crippen LogP contribution in [-0.2, 0) is 4.79 Å². The Bertz CT molecular complexity index is 269. The lowest BCUT2D eigenvalue weighted by Gasteiger charge is -2.21. The molecule has 0 radical (unpaired) electrons. The maximum absolute atomic E-state index is 11.7. The van der Waals surface area contributed by atoms with Crippen LogP contribution in [0.15, 0.2) is 0 Å². The second-order valence-corrected chi connectivity index (χ2v) is 5.01. The molecule has 2 amide bonds. The summed E-state index contributed by atoms with van der Waals surface area (Å²) >= 11 is 0. The maximum atomic E-state index is 11.7. The van der Waals surface area contributed by atoms with Crippen LogP contribution in [-0.4, -0.2) is 42.1 Å². The third kappa shape index (κ3) is 7.14. The SMILES string of the molecule is CCC(C)CN(C)C(=O)NCCCC(C)C(=O)O. The van der Waals surface area contributed by atoms with E-state index in [-0.39, 0.29) is 11.9 Å². The predicted molar refractivity (Wildman–Crippen MR) is 71.5 cm³/mol. The van der Waals surface area contributed by atoms with Gasteiger partial charge in [-0.1, -0.05) is 27.2 Å². The van der Waals surface area contributed by atoms with E-state index in [0.717, 1.165) is 13.0 Å². The van der Waals surface area contributed by atoms with E-state index in [1.165, 1.54) is 0 Å². The highest BCUT2D eigenvalue weighted by atomic mass is 16.4. The molecule has 0 saturated heterocycles. The van der Waals surface area contributed by atoms with Crippen molar-refractivity contribution in [3.05, 3.63) is 0 Å². The highest BCUT2D eigenvalue weighted by Gasteiger charge is 2.12. The van der Waals surface area contributed by atoms with Crippen LogP contribution in [0.4, 0.5) is 4.79 Å². The Kier molecular flexibility index (Phi) is 8.16. The zero-order valence-electron chi connectivity index (χ0n) is 11.9. The molecule has 18 heavy (non-hydrogen) atoms. The van der Waals surface area contributed by atoms with Crippen molar-refractivity contribution >= 4 is 12.0 Å². The zero-order valence-corrected chi connectivity index (χ0v) is 11.9. The molecule has 0 aliphatic heterocycles. The molecule has 2 N–H and O–H groups in total. The fourth-order valence-corrected chi connectivity index (χ4v) is 1.54. The van der Waals surface area contributed by atoms with Gasteiger partial charge < -0.3 is 15.3 Å². The summed E-state index contributed by atoms with van der Waals surface area (Å²) in [5.74, 6) is -0.636. The Balaban J connectivity index is 3.73. The average Bonchev–Trinajstić information content (AvgIpc) is 2.33. The molecule has 0 rings (SSSR count). The lowest BCUT2D eigenvalue weighted by molar-refractivity contribution is -0.141. The number of carbonyl (C=O) groups is 2. The van der Waals surface area contributed by atoms with Crippen LogP contribution in [0, 0.1) is 11.8 Å². The van der Waals surface area contributed by atoms with E-state index in [4.69, 9.17) is 5.11 Å². The van der Waals surface area contributed by atoms with Gasteiger partial charge >= 0.3 is 12.0 Å². The van der Waals surface area contributed by atoms with Crippen LogP contribution >= 0.6 is 0 Å². The molecule has 0 aromatic rings. The fourth-order valence-electron chi connectivity index (χ4n) is 1.54. The minimum absolute atomic E-state index is 0.0849. The van der Waals surface area contributed by atoms with E-state index >= 15 is 0 Å². The molecule has 5 nitrogen and oxygen atoms in total. The van der Waals surface area contributed by atoms with E-state index < -0.39 is 5.97 Å². The molecule has 0 spiro atoms. The van der Waals surface area contributed by atoms with Crippen molar-refractivity contribution in [3.8, 4) is 0 Å². The van der Waals surface area contributed by atoms with E-state index in [1.807, 2.05) is 0 Å². The molecular formula is C13H26N2O3. The Labute approximate surface area is 110 Å². The molecule has 0 bridgehead atoms. The first-order valence-corrected chi connectivity index (χ1v) is 6.60. The van der Waals surface area contributed by atoms with Crippen LogP contribution in [0.5, 0.6) is 0 Å². The maximum Gasteiger partial charge on any atom is 0.317 e. The van der Waals surface area contributed by atoms with Crippen LogP contribution in [0.1, 0.15) is 40.0 Å². The van der Waals surface area contributed by atoms with E-state index in [9.17, 15) is 9.59 Å². The highest BCUT2D eigenvalue weighted by molar-refractivity contribution is 5.73. The van der Waals surface area contributed by atoms with Crippen LogP contribution in [0.25, 0.3) is 0 Å². The van der Waals surface area contributed by atoms with E-state index in [0.29, 0.717) is 25.3 Å². The van der Waals surface area contributed by atoms with Gasteiger partial charge in [-0.15, -0.1) is 0 Å². The van der Waals surface area contributed by atoms with Crippen LogP contribution < -0.4 is 5.32 Å². The Morgan fingerprint density at radius 2 is 1.94 bits per heavy atom. The number of urea groups is 1. The first-order valence-electron chi connectivity index (χ1n) is 6.60. The molecule has 0 aliphatic rings. The standard InChI is InChI=1S/C13H26N2O3/c1-5-10(2)9-15(4)13(18)14-8-6-7-11(3)12(16)17/h10-11H,5-9H2,1-4H3,(H,14,18)(H,16,17). The van der Waals surface area contributed by atoms with Gasteiger partial charge in [0.15, 0.2) is 0 Å². The first kappa shape index (κ1) is 16.7. The number of carboxylic acid groups (broad SMARTS) is 1. The summed E-state index contributed by atoms with van der Waals surface area (Å²) in [7, 11) is 1.78. The number of nitrogens with zero attached hydrogens (tertiary/aromatic N) is 1. The smallest absolute Gasteiger partial charge is 0.317 e. The summed E-state index contributed by atoms with van der Waals surface area (Å²) in [5, 5.41) is 11.5. The minimum atomic E-state index is -0.782. The van der Waals surface area contributed by atoms with Gasteiger partial charge in [-0.2, -0.15) is 0 Å². The normalized spacial score (nSPS) is 13.8. The van der Waals surface area contributed by atoms with Crippen molar-refractivity contribution in [2.45, 2.75) is 40.0 Å². The Morgan fingerprint density at radius 3 is 2.44 bits per heavy atom. The van der Waals surface area contributed by atoms with Gasteiger partial charge in [-0.05, 0) is 18.8 Å². The number of nitrogens with one attached hydrogen (secondary N) is 1. The van der Waals surface area contributed by atoms with Crippen molar-refractivity contribution < 1.29 is 14.7 Å². The summed E-state index contributed by atoms with van der Waals surface area (Å²) in [6.07, 6.45) is 2.33. The third-order valence-electron chi connectivity index (χ3n) is 3.14. The third-order valence-corrected chi connectivity index (χ3v) is 3.14. The number of hydrogen-bond donors (Lipinski definition) is 2. The second kappa shape index (κ2) is 8.78. The number of aliphatic carboxylic acids is 1. The summed E-state index contributed by atoms with van der Waals surface area (Å²) < 4.78 is 0. The molecule has 0 heterocycles. The molecule has 0 fully saturated rings. The van der Waals surface area contributed by atoms with Gasteiger partial charge in [-0.3, -0.25) is 4.79 Å². The molecule has 2 unspecified atom stereocenters. The van der Waals surface area contributed by atoms with Gasteiger partial charge in [0.1, 0.15) is 0 Å². The van der Waals surface area contributed by atoms with Gasteiger partial charge in [0.25, 0.3) is 0 Å². The minimum Gasteiger partial charge on any atom is -0.481 e. The van der Waals surface area contributed by atoms with Crippen molar-refractivity contribution in [1.82, 2.24) is 10.2 Å². The summed E-state index contributed by atoms with van der Waals surface area (Å²) in [6, 6.07) is -0.0849. The van der Waals surface area contributed by atoms with E-state index in [1.54, 1.807) is 18.9 Å². The van der Waals surface area contributed by atoms with Crippen molar-refractivity contribution in [2.75, 3.05) is 20.1 Å². The molecule has 0 aliphatic carbocycles. The number of carboxylic acids is 1. The summed E-state index contributed by atoms with van der Waals surface area (Å²) in [4.78, 5) is 23.9. The fraction of sp³-hybridized carbons (Fsp3) is 0.846. The first-order chi connectivity index (χ1) is 8.38. The Hall–Kier alpha value is -1.26. The van der Waals surface area contributed by atoms with Gasteiger partial charge in [0, 0.05) is 20.1 Å². The molecule has 2 atom stereocenters. The predicted octanol–water partition coefficient (Wildman–Crippen LogP) is 2.17. The Morgan fingerprint density at radius 1 is 1.33 bits per heavy atom. The topological polar surface area (TPSA) is 69.6 Å². The van der Waals surface area contributed by atoms with Crippen molar-refractivity contribution in [1.29, 1.82) is 0 Å². The lowest BCUT2D eigenvalue weighted by Crippen LogP contribution is -2.39. The van der Waals surface area contributed by atoms with Crippen LogP contribution in [0.2, 0.25) is 0 Å². The lowest BCUT2D eigenvalue weighted by atomic mass is 10.1. The molecule has 5 heteroatoms. The highest BCUT2D eigenvalue weighted by Crippen LogP contribution is 2.05. The summed E-state index contributed by atoms with van der Waals surface area (Å²) in [6.45, 7) is 7.16. The summed E-state index contributed by atoms with van der Waals surface area (Å²) in [5.41, 5.74) is 0. The van der Waals surface area contributed by atoms with Crippen molar-refractivity contribution in [2.24, 2.45) is 11.8 Å². The molecule has 0 aromatic heterocycles. The number of carbonyl (C=O) groups excluding carboxylic acids is 1. The number of amides is 2. The monoisotopic (exact) mass is 258 g/mol. The van der Waals surface area contributed by atoms with Gasteiger partial charge in [-0.25, -0.2) is 4.79 Å². The van der Waals surface area contributed by atoms with Gasteiger partial charge in [0.05, 0.1) is 5.92 Å².